The van der Waals surface area contributed by atoms with Crippen LogP contribution in [0.3, 0.4) is 0 Å². The van der Waals surface area contributed by atoms with Gasteiger partial charge in [-0.2, -0.15) is 0 Å². The number of fused-ring (bicyclic) bond motifs is 3. The van der Waals surface area contributed by atoms with E-state index >= 15 is 0 Å². The summed E-state index contributed by atoms with van der Waals surface area (Å²) in [5.74, 6) is 1.89. The smallest absolute Gasteiger partial charge is 0.193 e. The lowest BCUT2D eigenvalue weighted by molar-refractivity contribution is 0.0152. The zero-order chi connectivity index (χ0) is 17.6. The van der Waals surface area contributed by atoms with E-state index in [2.05, 4.69) is 45.0 Å². The molecule has 4 rings (SSSR count). The average molecular weight is 345 g/mol. The van der Waals surface area contributed by atoms with E-state index in [9.17, 15) is 0 Å². The highest BCUT2D eigenvalue weighted by Crippen LogP contribution is 2.16. The van der Waals surface area contributed by atoms with Crippen LogP contribution in [-0.2, 0) is 0 Å². The first-order valence-corrected chi connectivity index (χ1v) is 9.24. The van der Waals surface area contributed by atoms with Crippen LogP contribution in [0.15, 0.2) is 29.3 Å². The first-order valence-electron chi connectivity index (χ1n) is 9.24. The zero-order valence-electron chi connectivity index (χ0n) is 15.7. The predicted molar refractivity (Wildman–Crippen MR) is 102 cm³/mol. The molecule has 138 valence electrons. The van der Waals surface area contributed by atoms with Gasteiger partial charge in [-0.05, 0) is 18.6 Å². The third-order valence-electron chi connectivity index (χ3n) is 5.24. The molecule has 0 amide bonds. The molecule has 0 radical (unpaired) electrons. The van der Waals surface area contributed by atoms with Crippen molar-refractivity contribution in [3.63, 3.8) is 0 Å². The molecule has 3 aliphatic heterocycles. The number of piperazine rings is 3. The largest absolute Gasteiger partial charge is 0.491 e. The highest BCUT2D eigenvalue weighted by molar-refractivity contribution is 5.79. The summed E-state index contributed by atoms with van der Waals surface area (Å²) in [7, 11) is 3.91. The Morgan fingerprint density at radius 1 is 1.28 bits per heavy atom. The number of aliphatic imine (C=N–C) groups is 1. The van der Waals surface area contributed by atoms with Gasteiger partial charge >= 0.3 is 0 Å². The van der Waals surface area contributed by atoms with Crippen molar-refractivity contribution < 1.29 is 4.74 Å². The Balaban J connectivity index is 1.42. The van der Waals surface area contributed by atoms with E-state index in [1.165, 1.54) is 38.3 Å². The number of aryl methyl sites for hydroxylation is 1. The Kier molecular flexibility index (Phi) is 6.15. The van der Waals surface area contributed by atoms with Crippen molar-refractivity contribution in [2.45, 2.75) is 13.0 Å². The highest BCUT2D eigenvalue weighted by atomic mass is 16.5. The first-order chi connectivity index (χ1) is 12.2. The normalized spacial score (nSPS) is 25.7. The van der Waals surface area contributed by atoms with Gasteiger partial charge in [-0.25, -0.2) is 0 Å². The molecular weight excluding hydrogens is 314 g/mol. The Morgan fingerprint density at radius 2 is 2.04 bits per heavy atom. The third-order valence-corrected chi connectivity index (χ3v) is 5.24. The van der Waals surface area contributed by atoms with Gasteiger partial charge in [-0.15, -0.1) is 0 Å². The van der Waals surface area contributed by atoms with Crippen molar-refractivity contribution in [2.24, 2.45) is 4.99 Å². The molecule has 1 unspecified atom stereocenters. The van der Waals surface area contributed by atoms with E-state index in [1.807, 2.05) is 25.2 Å². The van der Waals surface area contributed by atoms with E-state index in [-0.39, 0.29) is 0 Å². The number of hydrogen-bond acceptors (Lipinski definition) is 4. The Bertz CT molecular complexity index is 583. The number of para-hydroxylation sites is 1. The minimum Gasteiger partial charge on any atom is -0.491 e. The minimum absolute atomic E-state index is 0.593. The van der Waals surface area contributed by atoms with Crippen molar-refractivity contribution in [1.82, 2.24) is 20.0 Å². The van der Waals surface area contributed by atoms with Crippen LogP contribution in [0.2, 0.25) is 0 Å². The number of ether oxygens (including phenoxy) is 1. The molecule has 3 aliphatic rings. The fourth-order valence-electron chi connectivity index (χ4n) is 3.63. The zero-order valence-corrected chi connectivity index (χ0v) is 15.7. The Hall–Kier alpha value is -1.79. The van der Waals surface area contributed by atoms with Gasteiger partial charge in [0, 0.05) is 59.4 Å². The fraction of sp³-hybridized carbons (Fsp3) is 0.632. The van der Waals surface area contributed by atoms with Crippen molar-refractivity contribution in [2.75, 3.05) is 66.5 Å². The number of benzene rings is 1. The van der Waals surface area contributed by atoms with Crippen LogP contribution in [0.5, 0.6) is 5.75 Å². The van der Waals surface area contributed by atoms with Crippen molar-refractivity contribution in [1.29, 1.82) is 0 Å². The molecule has 0 saturated carbocycles. The molecule has 1 atom stereocenters. The maximum absolute atomic E-state index is 5.90. The summed E-state index contributed by atoms with van der Waals surface area (Å²) in [6.07, 6.45) is 0. The van der Waals surface area contributed by atoms with Gasteiger partial charge in [0.2, 0.25) is 0 Å². The molecule has 1 N–H and O–H groups in total. The van der Waals surface area contributed by atoms with E-state index < -0.39 is 0 Å². The van der Waals surface area contributed by atoms with Gasteiger partial charge in [0.15, 0.2) is 5.96 Å². The van der Waals surface area contributed by atoms with Crippen molar-refractivity contribution in [3.8, 4) is 5.75 Å². The van der Waals surface area contributed by atoms with Gasteiger partial charge in [0.1, 0.15) is 12.4 Å². The number of nitrogens with one attached hydrogen (secondary N) is 1. The van der Waals surface area contributed by atoms with Crippen LogP contribution >= 0.6 is 0 Å². The third kappa shape index (κ3) is 4.64. The van der Waals surface area contributed by atoms with Gasteiger partial charge < -0.3 is 15.0 Å². The van der Waals surface area contributed by atoms with Crippen LogP contribution < -0.4 is 10.1 Å². The number of nitrogens with zero attached hydrogens (tertiary/aromatic N) is 4. The topological polar surface area (TPSA) is 43.3 Å². The quantitative estimate of drug-likeness (QED) is 0.612. The minimum atomic E-state index is 0.593. The lowest BCUT2D eigenvalue weighted by Crippen LogP contribution is -2.63. The van der Waals surface area contributed by atoms with Crippen LogP contribution in [0.1, 0.15) is 5.56 Å². The summed E-state index contributed by atoms with van der Waals surface area (Å²) < 4.78 is 5.90. The predicted octanol–water partition coefficient (Wildman–Crippen LogP) is 0.881. The molecule has 25 heavy (non-hydrogen) atoms. The van der Waals surface area contributed by atoms with E-state index in [0.717, 1.165) is 24.8 Å². The van der Waals surface area contributed by atoms with Crippen LogP contribution in [0, 0.1) is 6.92 Å². The molecule has 6 heteroatoms. The second kappa shape index (κ2) is 8.54. The number of hydrogen-bond donors (Lipinski definition) is 1. The van der Waals surface area contributed by atoms with Crippen LogP contribution in [0.4, 0.5) is 0 Å². The molecule has 1 aromatic rings. The van der Waals surface area contributed by atoms with E-state index in [1.54, 1.807) is 0 Å². The summed E-state index contributed by atoms with van der Waals surface area (Å²) in [5.41, 5.74) is 1.17. The number of guanidine groups is 1. The Morgan fingerprint density at radius 3 is 2.68 bits per heavy atom. The molecule has 3 fully saturated rings. The molecule has 3 heterocycles. The van der Waals surface area contributed by atoms with Crippen LogP contribution in [0.25, 0.3) is 0 Å². The van der Waals surface area contributed by atoms with Crippen LogP contribution in [-0.4, -0.2) is 93.2 Å². The molecule has 2 bridgehead atoms. The SMILES string of the molecule is CN=C(NCC1CN2CCN1CC2)N(C)CCOc1ccccc1C. The summed E-state index contributed by atoms with van der Waals surface area (Å²) in [4.78, 5) is 11.7. The molecule has 0 aliphatic carbocycles. The summed E-state index contributed by atoms with van der Waals surface area (Å²) in [6.45, 7) is 10.5. The maximum Gasteiger partial charge on any atom is 0.193 e. The summed E-state index contributed by atoms with van der Waals surface area (Å²) >= 11 is 0. The Labute approximate surface area is 151 Å². The monoisotopic (exact) mass is 345 g/mol. The van der Waals surface area contributed by atoms with Crippen molar-refractivity contribution in [3.05, 3.63) is 29.8 Å². The first kappa shape index (κ1) is 18.0. The van der Waals surface area contributed by atoms with Gasteiger partial charge in [-0.1, -0.05) is 18.2 Å². The molecule has 1 aromatic carbocycles. The second-order valence-electron chi connectivity index (χ2n) is 6.95. The standard InChI is InChI=1S/C19H31N5O/c1-16-6-4-5-7-18(16)25-13-12-22(3)19(20-2)21-14-17-15-23-8-10-24(17)11-9-23/h4-7,17H,8-15H2,1-3H3,(H,20,21). The number of likely N-dealkylation sites (N-methyl/N-ethyl adjacent to an activating group) is 1. The maximum atomic E-state index is 5.90. The molecule has 6 nitrogen and oxygen atoms in total. The lowest BCUT2D eigenvalue weighted by atomic mass is 10.1. The average Bonchev–Trinajstić information content (AvgIpc) is 2.65. The fourth-order valence-corrected chi connectivity index (χ4v) is 3.63. The second-order valence-corrected chi connectivity index (χ2v) is 6.95. The van der Waals surface area contributed by atoms with Gasteiger partial charge in [0.05, 0.1) is 6.54 Å². The highest BCUT2D eigenvalue weighted by Gasteiger charge is 2.31. The lowest BCUT2D eigenvalue weighted by Gasteiger charge is -2.47. The van der Waals surface area contributed by atoms with Crippen molar-refractivity contribution >= 4 is 5.96 Å². The number of rotatable bonds is 6. The van der Waals surface area contributed by atoms with Gasteiger partial charge in [0.25, 0.3) is 0 Å². The summed E-state index contributed by atoms with van der Waals surface area (Å²) in [6, 6.07) is 8.73. The molecule has 3 saturated heterocycles. The molecule has 0 aromatic heterocycles. The van der Waals surface area contributed by atoms with E-state index in [0.29, 0.717) is 12.6 Å². The molecule has 0 spiro atoms. The van der Waals surface area contributed by atoms with E-state index in [4.69, 9.17) is 4.74 Å². The summed E-state index contributed by atoms with van der Waals surface area (Å²) in [5, 5.41) is 3.54. The van der Waals surface area contributed by atoms with Gasteiger partial charge in [-0.3, -0.25) is 14.8 Å². The molecular formula is C19H31N5O.